The number of halogens is 3. The third kappa shape index (κ3) is 4.62. The Hall–Kier alpha value is -3.65. The Kier molecular flexibility index (Phi) is 6.31. The maximum Gasteiger partial charge on any atom is 0.417 e. The molecule has 8 nitrogen and oxygen atoms in total. The lowest BCUT2D eigenvalue weighted by Gasteiger charge is -2.35. The molecule has 2 aliphatic rings. The summed E-state index contributed by atoms with van der Waals surface area (Å²) in [7, 11) is 0. The zero-order valence-corrected chi connectivity index (χ0v) is 20.5. The number of rotatable bonds is 3. The van der Waals surface area contributed by atoms with Gasteiger partial charge in [-0.05, 0) is 45.2 Å². The van der Waals surface area contributed by atoms with E-state index in [9.17, 15) is 28.3 Å². The van der Waals surface area contributed by atoms with E-state index in [1.54, 1.807) is 23.7 Å². The summed E-state index contributed by atoms with van der Waals surface area (Å²) in [5.74, 6) is -0.513. The van der Waals surface area contributed by atoms with Crippen molar-refractivity contribution in [2.24, 2.45) is 5.92 Å². The molecule has 0 spiro atoms. The fourth-order valence-corrected chi connectivity index (χ4v) is 5.31. The monoisotopic (exact) mass is 512 g/mol. The smallest absolute Gasteiger partial charge is 0.390 e. The third-order valence-electron chi connectivity index (χ3n) is 7.19. The number of carbonyl (C=O) groups excluding carboxylic acids is 1. The van der Waals surface area contributed by atoms with Crippen LogP contribution in [0.1, 0.15) is 58.0 Å². The third-order valence-corrected chi connectivity index (χ3v) is 7.19. The van der Waals surface area contributed by atoms with Gasteiger partial charge in [0.05, 0.1) is 41.0 Å². The molecule has 37 heavy (non-hydrogen) atoms. The predicted octanol–water partition coefficient (Wildman–Crippen LogP) is 4.05. The predicted molar refractivity (Wildman–Crippen MR) is 129 cm³/mol. The number of anilines is 1. The molecule has 1 amide bonds. The van der Waals surface area contributed by atoms with E-state index in [1.165, 1.54) is 17.0 Å². The number of likely N-dealkylation sites (tertiary alicyclic amines) is 1. The molecule has 3 atom stereocenters. The van der Waals surface area contributed by atoms with Crippen LogP contribution < -0.4 is 4.90 Å². The first-order chi connectivity index (χ1) is 17.6. The molecule has 0 bridgehead atoms. The van der Waals surface area contributed by atoms with Crippen LogP contribution >= 0.6 is 0 Å². The van der Waals surface area contributed by atoms with Crippen molar-refractivity contribution in [1.82, 2.24) is 19.5 Å². The van der Waals surface area contributed by atoms with Crippen molar-refractivity contribution >= 4 is 17.4 Å². The quantitative estimate of drug-likeness (QED) is 0.569. The van der Waals surface area contributed by atoms with Crippen molar-refractivity contribution in [2.45, 2.75) is 51.4 Å². The van der Waals surface area contributed by atoms with Gasteiger partial charge in [0.25, 0.3) is 5.91 Å². The molecule has 4 heterocycles. The van der Waals surface area contributed by atoms with Crippen LogP contribution in [0.2, 0.25) is 0 Å². The van der Waals surface area contributed by atoms with Crippen molar-refractivity contribution in [3.8, 4) is 6.07 Å². The Balaban J connectivity index is 1.49. The molecule has 2 saturated heterocycles. The number of nitrogens with zero attached hydrogens (tertiary/aromatic N) is 6. The summed E-state index contributed by atoms with van der Waals surface area (Å²) in [5.41, 5.74) is 1.19. The highest BCUT2D eigenvalue weighted by molar-refractivity contribution is 5.96. The Labute approximate surface area is 211 Å². The number of fused-ring (bicyclic) bond motifs is 1. The molecular weight excluding hydrogens is 485 g/mol. The fraction of sp³-hybridized carbons (Fsp3) is 0.462. The van der Waals surface area contributed by atoms with Gasteiger partial charge < -0.3 is 14.9 Å². The van der Waals surface area contributed by atoms with Gasteiger partial charge in [-0.1, -0.05) is 11.6 Å². The molecule has 3 aromatic rings. The molecule has 2 aromatic heterocycles. The summed E-state index contributed by atoms with van der Waals surface area (Å²) in [4.78, 5) is 21.6. The second kappa shape index (κ2) is 9.34. The van der Waals surface area contributed by atoms with E-state index in [0.29, 0.717) is 55.2 Å². The van der Waals surface area contributed by atoms with Crippen LogP contribution in [-0.4, -0.2) is 56.2 Å². The van der Waals surface area contributed by atoms with E-state index in [4.69, 9.17) is 4.98 Å². The molecule has 0 saturated carbocycles. The largest absolute Gasteiger partial charge is 0.417 e. The van der Waals surface area contributed by atoms with Crippen LogP contribution in [0.15, 0.2) is 30.5 Å². The number of alkyl halides is 3. The highest BCUT2D eigenvalue weighted by atomic mass is 19.4. The standard InChI is InChI=1S/C26H27F3N6O2/c1-15-6-7-19(26(27,28)29)18(9-15)25(37)34-8-4-3-5-21(34)20-10-23-31-24(16(2)12-35(23)32-20)33-13-17(11-30)22(36)14-33/h6-7,9-10,12,17,21-22,36H,3-5,8,13-14H2,1-2H3/t17-,21+,22+/m1/s1. The lowest BCUT2D eigenvalue weighted by molar-refractivity contribution is -0.138. The van der Waals surface area contributed by atoms with E-state index in [0.717, 1.165) is 18.1 Å². The minimum Gasteiger partial charge on any atom is -0.390 e. The van der Waals surface area contributed by atoms with Gasteiger partial charge in [-0.3, -0.25) is 4.79 Å². The van der Waals surface area contributed by atoms with Crippen LogP contribution in [0.25, 0.3) is 5.65 Å². The van der Waals surface area contributed by atoms with Crippen LogP contribution in [0.4, 0.5) is 19.0 Å². The number of aryl methyl sites for hydroxylation is 2. The molecule has 194 valence electrons. The lowest BCUT2D eigenvalue weighted by atomic mass is 9.96. The molecule has 2 fully saturated rings. The molecular formula is C26H27F3N6O2. The van der Waals surface area contributed by atoms with Crippen molar-refractivity contribution in [3.63, 3.8) is 0 Å². The minimum atomic E-state index is -4.64. The number of piperidine rings is 1. The maximum atomic E-state index is 13.7. The Bertz CT molecular complexity index is 1400. The van der Waals surface area contributed by atoms with Gasteiger partial charge in [0, 0.05) is 37.5 Å². The molecule has 5 rings (SSSR count). The number of hydrogen-bond acceptors (Lipinski definition) is 6. The summed E-state index contributed by atoms with van der Waals surface area (Å²) >= 11 is 0. The van der Waals surface area contributed by atoms with Gasteiger partial charge in [0.2, 0.25) is 0 Å². The summed E-state index contributed by atoms with van der Waals surface area (Å²) in [6, 6.07) is 7.02. The zero-order chi connectivity index (χ0) is 26.5. The zero-order valence-electron chi connectivity index (χ0n) is 20.5. The van der Waals surface area contributed by atoms with E-state index in [1.807, 2.05) is 11.8 Å². The van der Waals surface area contributed by atoms with Crippen LogP contribution in [0.3, 0.4) is 0 Å². The van der Waals surface area contributed by atoms with E-state index >= 15 is 0 Å². The number of benzene rings is 1. The maximum absolute atomic E-state index is 13.7. The van der Waals surface area contributed by atoms with Gasteiger partial charge >= 0.3 is 6.18 Å². The highest BCUT2D eigenvalue weighted by Gasteiger charge is 2.39. The average Bonchev–Trinajstić information content (AvgIpc) is 3.44. The number of aliphatic hydroxyl groups is 1. The van der Waals surface area contributed by atoms with Crippen molar-refractivity contribution in [1.29, 1.82) is 5.26 Å². The Morgan fingerprint density at radius 1 is 1.19 bits per heavy atom. The number of hydrogen-bond donors (Lipinski definition) is 1. The summed E-state index contributed by atoms with van der Waals surface area (Å²) in [5, 5.41) is 24.0. The topological polar surface area (TPSA) is 97.8 Å². The number of aliphatic hydroxyl groups excluding tert-OH is 1. The van der Waals surface area contributed by atoms with Gasteiger partial charge in [0.15, 0.2) is 5.65 Å². The second-order valence-electron chi connectivity index (χ2n) is 9.88. The molecule has 11 heteroatoms. The van der Waals surface area contributed by atoms with E-state index in [2.05, 4.69) is 11.2 Å². The highest BCUT2D eigenvalue weighted by Crippen LogP contribution is 2.37. The van der Waals surface area contributed by atoms with Crippen LogP contribution in [0, 0.1) is 31.1 Å². The molecule has 0 aliphatic carbocycles. The normalized spacial score (nSPS) is 22.5. The first kappa shape index (κ1) is 25.0. The van der Waals surface area contributed by atoms with E-state index < -0.39 is 35.7 Å². The summed E-state index contributed by atoms with van der Waals surface area (Å²) < 4.78 is 42.7. The number of amides is 1. The van der Waals surface area contributed by atoms with Crippen LogP contribution in [0.5, 0.6) is 0 Å². The van der Waals surface area contributed by atoms with Gasteiger partial charge in [0.1, 0.15) is 5.82 Å². The molecule has 0 radical (unpaired) electrons. The van der Waals surface area contributed by atoms with Gasteiger partial charge in [-0.25, -0.2) is 9.50 Å². The first-order valence-electron chi connectivity index (χ1n) is 12.2. The summed E-state index contributed by atoms with van der Waals surface area (Å²) in [6.45, 7) is 4.53. The second-order valence-corrected chi connectivity index (χ2v) is 9.88. The number of nitriles is 1. The molecule has 2 aliphatic heterocycles. The van der Waals surface area contributed by atoms with Gasteiger partial charge in [-0.15, -0.1) is 0 Å². The minimum absolute atomic E-state index is 0.298. The van der Waals surface area contributed by atoms with Crippen molar-refractivity contribution in [2.75, 3.05) is 24.5 Å². The van der Waals surface area contributed by atoms with E-state index in [-0.39, 0.29) is 5.56 Å². The summed E-state index contributed by atoms with van der Waals surface area (Å²) in [6.07, 6.45) is -1.50. The molecule has 0 unspecified atom stereocenters. The number of carbonyl (C=O) groups is 1. The van der Waals surface area contributed by atoms with Crippen molar-refractivity contribution < 1.29 is 23.1 Å². The molecule has 1 aromatic carbocycles. The Morgan fingerprint density at radius 2 is 1.97 bits per heavy atom. The lowest BCUT2D eigenvalue weighted by Crippen LogP contribution is -2.39. The average molecular weight is 513 g/mol. The van der Waals surface area contributed by atoms with Crippen LogP contribution in [-0.2, 0) is 6.18 Å². The fourth-order valence-electron chi connectivity index (χ4n) is 5.31. The van der Waals surface area contributed by atoms with Gasteiger partial charge in [-0.2, -0.15) is 23.5 Å². The number of aromatic nitrogens is 3. The molecule has 1 N–H and O–H groups in total. The van der Waals surface area contributed by atoms with Crippen molar-refractivity contribution in [3.05, 3.63) is 58.4 Å². The Morgan fingerprint density at radius 3 is 2.68 bits per heavy atom. The number of β-amino-alcohol motifs (C(OH)–C–C–N with tert-alkyl or cyclic N) is 1. The first-order valence-corrected chi connectivity index (χ1v) is 12.2. The SMILES string of the molecule is Cc1ccc(C(F)(F)F)c(C(=O)N2CCCC[C@H]2c2cc3nc(N4C[C@@H](C#N)[C@@H](O)C4)c(C)cn3n2)c1.